The normalized spacial score (nSPS) is 16.7. The Labute approximate surface area is 169 Å². The molecule has 0 saturated carbocycles. The lowest BCUT2D eigenvalue weighted by molar-refractivity contribution is -0.128. The van der Waals surface area contributed by atoms with E-state index in [1.165, 1.54) is 11.8 Å². The zero-order valence-corrected chi connectivity index (χ0v) is 17.0. The molecule has 1 N–H and O–H groups in total. The first-order valence-corrected chi connectivity index (χ1v) is 10.2. The molecule has 0 aromatic heterocycles. The molecular weight excluding hydrogens is 376 g/mol. The number of aryl methyl sites for hydroxylation is 2. The van der Waals surface area contributed by atoms with E-state index in [2.05, 4.69) is 5.32 Å². The second kappa shape index (κ2) is 8.67. The molecule has 1 heterocycles. The molecule has 2 amide bonds. The zero-order valence-electron chi connectivity index (χ0n) is 15.4. The maximum atomic E-state index is 12.7. The molecule has 2 aromatic rings. The second-order valence-corrected chi connectivity index (χ2v) is 8.45. The van der Waals surface area contributed by atoms with E-state index in [4.69, 9.17) is 12.2 Å². The van der Waals surface area contributed by atoms with Crippen LogP contribution in [0.15, 0.2) is 48.5 Å². The molecule has 1 aliphatic heterocycles. The monoisotopic (exact) mass is 398 g/mol. The number of hydrogen-bond acceptors (Lipinski definition) is 4. The number of amides is 2. The highest BCUT2D eigenvalue weighted by Crippen LogP contribution is 2.30. The van der Waals surface area contributed by atoms with Crippen molar-refractivity contribution in [3.8, 4) is 0 Å². The number of hydrogen-bond donors (Lipinski definition) is 1. The van der Waals surface area contributed by atoms with Gasteiger partial charge in [0, 0.05) is 18.7 Å². The SMILES string of the molecule is Cc1cccc(C)c1NC(=O)CC1SC(=S)N(CCc2ccccc2)C1=O. The van der Waals surface area contributed by atoms with Crippen molar-refractivity contribution in [3.63, 3.8) is 0 Å². The lowest BCUT2D eigenvalue weighted by Crippen LogP contribution is -2.34. The maximum absolute atomic E-state index is 12.7. The van der Waals surface area contributed by atoms with Crippen molar-refractivity contribution in [2.75, 3.05) is 11.9 Å². The third-order valence-electron chi connectivity index (χ3n) is 4.59. The van der Waals surface area contributed by atoms with E-state index < -0.39 is 5.25 Å². The van der Waals surface area contributed by atoms with Crippen molar-refractivity contribution < 1.29 is 9.59 Å². The van der Waals surface area contributed by atoms with Gasteiger partial charge in [-0.05, 0) is 37.0 Å². The quantitative estimate of drug-likeness (QED) is 0.744. The molecule has 27 heavy (non-hydrogen) atoms. The summed E-state index contributed by atoms with van der Waals surface area (Å²) < 4.78 is 0.556. The van der Waals surface area contributed by atoms with Crippen LogP contribution in [0.25, 0.3) is 0 Å². The van der Waals surface area contributed by atoms with Crippen LogP contribution in [0, 0.1) is 13.8 Å². The molecule has 4 nitrogen and oxygen atoms in total. The van der Waals surface area contributed by atoms with Crippen LogP contribution in [0.1, 0.15) is 23.1 Å². The van der Waals surface area contributed by atoms with Gasteiger partial charge in [0.05, 0.1) is 5.25 Å². The molecule has 0 spiro atoms. The topological polar surface area (TPSA) is 49.4 Å². The molecule has 3 rings (SSSR count). The number of para-hydroxylation sites is 1. The van der Waals surface area contributed by atoms with Crippen molar-refractivity contribution >= 4 is 45.8 Å². The molecule has 1 fully saturated rings. The highest BCUT2D eigenvalue weighted by molar-refractivity contribution is 8.24. The Morgan fingerprint density at radius 3 is 2.44 bits per heavy atom. The molecule has 1 atom stereocenters. The van der Waals surface area contributed by atoms with Crippen LogP contribution in [0.3, 0.4) is 0 Å². The summed E-state index contributed by atoms with van der Waals surface area (Å²) >= 11 is 6.68. The first-order valence-electron chi connectivity index (χ1n) is 8.87. The Bertz CT molecular complexity index is 847. The number of benzene rings is 2. The van der Waals surface area contributed by atoms with Gasteiger partial charge in [-0.25, -0.2) is 0 Å². The van der Waals surface area contributed by atoms with Crippen molar-refractivity contribution in [2.24, 2.45) is 0 Å². The Morgan fingerprint density at radius 2 is 1.78 bits per heavy atom. The Morgan fingerprint density at radius 1 is 1.11 bits per heavy atom. The fraction of sp³-hybridized carbons (Fsp3) is 0.286. The van der Waals surface area contributed by atoms with Gasteiger partial charge >= 0.3 is 0 Å². The summed E-state index contributed by atoms with van der Waals surface area (Å²) in [5, 5.41) is 2.50. The Balaban J connectivity index is 1.58. The molecule has 1 unspecified atom stereocenters. The molecule has 1 aliphatic rings. The van der Waals surface area contributed by atoms with Crippen LogP contribution in [-0.2, 0) is 16.0 Å². The van der Waals surface area contributed by atoms with Crippen molar-refractivity contribution in [1.29, 1.82) is 0 Å². The van der Waals surface area contributed by atoms with E-state index in [-0.39, 0.29) is 18.2 Å². The number of rotatable bonds is 6. The third-order valence-corrected chi connectivity index (χ3v) is 6.17. The van der Waals surface area contributed by atoms with Gasteiger partial charge in [0.1, 0.15) is 4.32 Å². The van der Waals surface area contributed by atoms with Crippen LogP contribution in [0.4, 0.5) is 5.69 Å². The number of anilines is 1. The lowest BCUT2D eigenvalue weighted by Gasteiger charge is -2.16. The van der Waals surface area contributed by atoms with Crippen molar-refractivity contribution in [1.82, 2.24) is 4.90 Å². The van der Waals surface area contributed by atoms with Crippen LogP contribution in [0.5, 0.6) is 0 Å². The lowest BCUT2D eigenvalue weighted by atomic mass is 10.1. The summed E-state index contributed by atoms with van der Waals surface area (Å²) in [6, 6.07) is 15.9. The van der Waals surface area contributed by atoms with Crippen molar-refractivity contribution in [2.45, 2.75) is 31.9 Å². The average Bonchev–Trinajstić information content (AvgIpc) is 2.90. The molecule has 2 aromatic carbocycles. The average molecular weight is 399 g/mol. The van der Waals surface area contributed by atoms with Gasteiger partial charge in [-0.3, -0.25) is 14.5 Å². The summed E-state index contributed by atoms with van der Waals surface area (Å²) in [6.07, 6.45) is 0.869. The molecule has 0 aliphatic carbocycles. The standard InChI is InChI=1S/C21H22N2O2S2/c1-14-7-6-8-15(2)19(14)22-18(24)13-17-20(25)23(21(26)27-17)12-11-16-9-4-3-5-10-16/h3-10,17H,11-13H2,1-2H3,(H,22,24). The predicted octanol–water partition coefficient (Wildman–Crippen LogP) is 4.10. The molecule has 6 heteroatoms. The summed E-state index contributed by atoms with van der Waals surface area (Å²) in [7, 11) is 0. The number of carbonyl (C=O) groups excluding carboxylic acids is 2. The van der Waals surface area contributed by atoms with E-state index in [0.29, 0.717) is 10.9 Å². The smallest absolute Gasteiger partial charge is 0.242 e. The fourth-order valence-electron chi connectivity index (χ4n) is 3.09. The highest BCUT2D eigenvalue weighted by atomic mass is 32.2. The maximum Gasteiger partial charge on any atom is 0.242 e. The molecule has 0 radical (unpaired) electrons. The van der Waals surface area contributed by atoms with E-state index in [9.17, 15) is 9.59 Å². The Hall–Kier alpha value is -2.18. The van der Waals surface area contributed by atoms with E-state index >= 15 is 0 Å². The van der Waals surface area contributed by atoms with Crippen LogP contribution in [-0.4, -0.2) is 32.8 Å². The van der Waals surface area contributed by atoms with Gasteiger partial charge in [-0.2, -0.15) is 0 Å². The first-order chi connectivity index (χ1) is 13.0. The third kappa shape index (κ3) is 4.76. The van der Waals surface area contributed by atoms with Crippen LogP contribution < -0.4 is 5.32 Å². The van der Waals surface area contributed by atoms with Gasteiger partial charge in [-0.15, -0.1) is 0 Å². The minimum absolute atomic E-state index is 0.0717. The minimum Gasteiger partial charge on any atom is -0.326 e. The number of nitrogens with one attached hydrogen (secondary N) is 1. The molecular formula is C21H22N2O2S2. The summed E-state index contributed by atoms with van der Waals surface area (Å²) in [5.41, 5.74) is 4.00. The number of nitrogens with zero attached hydrogens (tertiary/aromatic N) is 1. The predicted molar refractivity (Wildman–Crippen MR) is 115 cm³/mol. The van der Waals surface area contributed by atoms with Gasteiger partial charge in [-0.1, -0.05) is 72.5 Å². The van der Waals surface area contributed by atoms with Gasteiger partial charge in [0.15, 0.2) is 0 Å². The zero-order chi connectivity index (χ0) is 19.4. The molecule has 0 bridgehead atoms. The molecule has 140 valence electrons. The van der Waals surface area contributed by atoms with Gasteiger partial charge in [0.2, 0.25) is 11.8 Å². The largest absolute Gasteiger partial charge is 0.326 e. The summed E-state index contributed by atoms with van der Waals surface area (Å²) in [5.74, 6) is -0.233. The number of thioether (sulfide) groups is 1. The minimum atomic E-state index is -0.447. The van der Waals surface area contributed by atoms with Crippen LogP contribution in [0.2, 0.25) is 0 Å². The summed E-state index contributed by atoms with van der Waals surface area (Å²) in [6.45, 7) is 4.46. The Kier molecular flexibility index (Phi) is 6.29. The van der Waals surface area contributed by atoms with Crippen LogP contribution >= 0.6 is 24.0 Å². The van der Waals surface area contributed by atoms with Gasteiger partial charge < -0.3 is 5.32 Å². The number of carbonyl (C=O) groups is 2. The van der Waals surface area contributed by atoms with Crippen molar-refractivity contribution in [3.05, 3.63) is 65.2 Å². The summed E-state index contributed by atoms with van der Waals surface area (Å²) in [4.78, 5) is 26.8. The number of thiocarbonyl (C=S) groups is 1. The molecule has 1 saturated heterocycles. The first kappa shape index (κ1) is 19.6. The van der Waals surface area contributed by atoms with E-state index in [0.717, 1.165) is 28.8 Å². The fourth-order valence-corrected chi connectivity index (χ4v) is 4.63. The highest BCUT2D eigenvalue weighted by Gasteiger charge is 2.37. The van der Waals surface area contributed by atoms with Gasteiger partial charge in [0.25, 0.3) is 0 Å². The second-order valence-electron chi connectivity index (χ2n) is 6.62. The van der Waals surface area contributed by atoms with E-state index in [1.54, 1.807) is 4.90 Å². The van der Waals surface area contributed by atoms with E-state index in [1.807, 2.05) is 62.4 Å².